The summed E-state index contributed by atoms with van der Waals surface area (Å²) in [5.74, 6) is -0.869. The van der Waals surface area contributed by atoms with Crippen LogP contribution in [0.2, 0.25) is 5.15 Å². The number of fused-ring (bicyclic) bond motifs is 1. The SMILES string of the molecule is CCN(Cc1ccccc1)C(=O)COC(=O)/C=C/c1c(Cl)nc2ccccn12. The maximum Gasteiger partial charge on any atom is 0.331 e. The molecule has 2 heterocycles. The number of likely N-dealkylation sites (N-methyl/N-ethyl adjacent to an activating group) is 1. The highest BCUT2D eigenvalue weighted by atomic mass is 35.5. The Bertz CT molecular complexity index is 999. The second-order valence-electron chi connectivity index (χ2n) is 6.05. The third kappa shape index (κ3) is 4.78. The van der Waals surface area contributed by atoms with E-state index in [0.29, 0.717) is 24.4 Å². The predicted octanol–water partition coefficient (Wildman–Crippen LogP) is 3.59. The summed E-state index contributed by atoms with van der Waals surface area (Å²) >= 11 is 6.12. The summed E-state index contributed by atoms with van der Waals surface area (Å²) in [6.07, 6.45) is 4.56. The van der Waals surface area contributed by atoms with E-state index in [0.717, 1.165) is 5.56 Å². The van der Waals surface area contributed by atoms with E-state index in [1.54, 1.807) is 15.5 Å². The molecule has 1 aromatic carbocycles. The van der Waals surface area contributed by atoms with Crippen LogP contribution in [-0.2, 0) is 20.9 Å². The first-order valence-electron chi connectivity index (χ1n) is 8.87. The van der Waals surface area contributed by atoms with Gasteiger partial charge in [0.1, 0.15) is 5.65 Å². The zero-order valence-electron chi connectivity index (χ0n) is 15.4. The number of amides is 1. The van der Waals surface area contributed by atoms with Gasteiger partial charge in [0.05, 0.1) is 5.69 Å². The van der Waals surface area contributed by atoms with Gasteiger partial charge in [-0.25, -0.2) is 9.78 Å². The minimum Gasteiger partial charge on any atom is -0.452 e. The molecule has 0 saturated carbocycles. The smallest absolute Gasteiger partial charge is 0.331 e. The topological polar surface area (TPSA) is 63.9 Å². The van der Waals surface area contributed by atoms with Crippen LogP contribution < -0.4 is 0 Å². The molecule has 0 radical (unpaired) electrons. The number of ether oxygens (including phenoxy) is 1. The van der Waals surface area contributed by atoms with Crippen LogP contribution in [0.1, 0.15) is 18.2 Å². The maximum absolute atomic E-state index is 12.3. The van der Waals surface area contributed by atoms with Crippen LogP contribution in [0, 0.1) is 0 Å². The van der Waals surface area contributed by atoms with Crippen LogP contribution >= 0.6 is 11.6 Å². The number of aromatic nitrogens is 2. The summed E-state index contributed by atoms with van der Waals surface area (Å²) in [5.41, 5.74) is 2.26. The lowest BCUT2D eigenvalue weighted by Crippen LogP contribution is -2.33. The Hall–Kier alpha value is -3.12. The van der Waals surface area contributed by atoms with E-state index in [4.69, 9.17) is 16.3 Å². The van der Waals surface area contributed by atoms with E-state index in [9.17, 15) is 9.59 Å². The molecule has 0 aliphatic carbocycles. The summed E-state index contributed by atoms with van der Waals surface area (Å²) < 4.78 is 6.84. The molecule has 3 rings (SSSR count). The molecule has 0 aliphatic rings. The largest absolute Gasteiger partial charge is 0.452 e. The van der Waals surface area contributed by atoms with Gasteiger partial charge in [0.15, 0.2) is 11.8 Å². The number of esters is 1. The lowest BCUT2D eigenvalue weighted by Gasteiger charge is -2.20. The third-order valence-electron chi connectivity index (χ3n) is 4.19. The summed E-state index contributed by atoms with van der Waals surface area (Å²) in [6, 6.07) is 15.2. The zero-order valence-corrected chi connectivity index (χ0v) is 16.2. The van der Waals surface area contributed by atoms with Gasteiger partial charge in [-0.05, 0) is 30.7 Å². The van der Waals surface area contributed by atoms with Crippen LogP contribution in [-0.4, -0.2) is 39.3 Å². The number of carbonyl (C=O) groups is 2. The highest BCUT2D eigenvalue weighted by molar-refractivity contribution is 6.31. The average Bonchev–Trinajstić information content (AvgIpc) is 3.04. The van der Waals surface area contributed by atoms with Crippen molar-refractivity contribution in [3.63, 3.8) is 0 Å². The van der Waals surface area contributed by atoms with Gasteiger partial charge in [-0.1, -0.05) is 48.0 Å². The monoisotopic (exact) mass is 397 g/mol. The van der Waals surface area contributed by atoms with E-state index >= 15 is 0 Å². The fraction of sp³-hybridized carbons (Fsp3) is 0.190. The molecule has 0 N–H and O–H groups in total. The lowest BCUT2D eigenvalue weighted by atomic mass is 10.2. The molecule has 3 aromatic rings. The normalized spacial score (nSPS) is 11.1. The minimum absolute atomic E-state index is 0.249. The zero-order chi connectivity index (χ0) is 19.9. The highest BCUT2D eigenvalue weighted by Gasteiger charge is 2.14. The number of carbonyl (C=O) groups excluding carboxylic acids is 2. The Morgan fingerprint density at radius 2 is 1.93 bits per heavy atom. The molecule has 0 saturated heterocycles. The first-order chi connectivity index (χ1) is 13.6. The van der Waals surface area contributed by atoms with Crippen molar-refractivity contribution in [2.75, 3.05) is 13.2 Å². The average molecular weight is 398 g/mol. The number of pyridine rings is 1. The standard InChI is InChI=1S/C21H20ClN3O3/c1-2-24(14-16-8-4-3-5-9-16)19(26)15-28-20(27)12-11-17-21(22)23-18-10-6-7-13-25(17)18/h3-13H,2,14-15H2,1H3/b12-11+. The van der Waals surface area contributed by atoms with Crippen LogP contribution in [0.15, 0.2) is 60.8 Å². The number of hydrogen-bond acceptors (Lipinski definition) is 4. The van der Waals surface area contributed by atoms with Crippen LogP contribution in [0.3, 0.4) is 0 Å². The molecule has 28 heavy (non-hydrogen) atoms. The highest BCUT2D eigenvalue weighted by Crippen LogP contribution is 2.18. The molecule has 0 spiro atoms. The molecule has 6 nitrogen and oxygen atoms in total. The van der Waals surface area contributed by atoms with Gasteiger partial charge >= 0.3 is 5.97 Å². The Morgan fingerprint density at radius 1 is 1.18 bits per heavy atom. The van der Waals surface area contributed by atoms with Gasteiger partial charge < -0.3 is 9.64 Å². The maximum atomic E-state index is 12.3. The van der Waals surface area contributed by atoms with Crippen molar-refractivity contribution < 1.29 is 14.3 Å². The number of benzene rings is 1. The fourth-order valence-corrected chi connectivity index (χ4v) is 2.98. The third-order valence-corrected chi connectivity index (χ3v) is 4.47. The Balaban J connectivity index is 1.57. The van der Waals surface area contributed by atoms with Crippen LogP contribution in [0.4, 0.5) is 0 Å². The number of imidazole rings is 1. The van der Waals surface area contributed by atoms with Crippen molar-refractivity contribution in [2.24, 2.45) is 0 Å². The molecule has 1 amide bonds. The molecule has 2 aromatic heterocycles. The molecule has 0 unspecified atom stereocenters. The molecular formula is C21H20ClN3O3. The van der Waals surface area contributed by atoms with Crippen molar-refractivity contribution in [1.29, 1.82) is 0 Å². The molecule has 144 valence electrons. The molecule has 0 aliphatic heterocycles. The van der Waals surface area contributed by atoms with E-state index in [1.165, 1.54) is 12.2 Å². The fourth-order valence-electron chi connectivity index (χ4n) is 2.73. The first kappa shape index (κ1) is 19.6. The molecule has 0 fully saturated rings. The molecule has 0 bridgehead atoms. The summed E-state index contributed by atoms with van der Waals surface area (Å²) in [6.45, 7) is 2.57. The van der Waals surface area contributed by atoms with Crippen molar-refractivity contribution >= 4 is 35.2 Å². The van der Waals surface area contributed by atoms with Crippen LogP contribution in [0.5, 0.6) is 0 Å². The van der Waals surface area contributed by atoms with Gasteiger partial charge in [-0.15, -0.1) is 0 Å². The number of rotatable bonds is 7. The van der Waals surface area contributed by atoms with E-state index in [1.807, 2.05) is 55.5 Å². The lowest BCUT2D eigenvalue weighted by molar-refractivity contribution is -0.148. The Labute approximate surface area is 168 Å². The van der Waals surface area contributed by atoms with Crippen molar-refractivity contribution in [2.45, 2.75) is 13.5 Å². The number of nitrogens with zero attached hydrogens (tertiary/aromatic N) is 3. The Kier molecular flexibility index (Phi) is 6.45. The Morgan fingerprint density at radius 3 is 2.68 bits per heavy atom. The summed E-state index contributed by atoms with van der Waals surface area (Å²) in [7, 11) is 0. The molecule has 0 atom stereocenters. The molecular weight excluding hydrogens is 378 g/mol. The second kappa shape index (κ2) is 9.19. The minimum atomic E-state index is -0.619. The second-order valence-corrected chi connectivity index (χ2v) is 6.41. The number of halogens is 1. The summed E-state index contributed by atoms with van der Waals surface area (Å²) in [5, 5.41) is 0.284. The van der Waals surface area contributed by atoms with Crippen molar-refractivity contribution in [3.8, 4) is 0 Å². The van der Waals surface area contributed by atoms with E-state index in [-0.39, 0.29) is 17.7 Å². The van der Waals surface area contributed by atoms with Gasteiger partial charge in [0, 0.05) is 25.4 Å². The van der Waals surface area contributed by atoms with Gasteiger partial charge in [0.25, 0.3) is 5.91 Å². The van der Waals surface area contributed by atoms with Crippen molar-refractivity contribution in [3.05, 3.63) is 77.2 Å². The van der Waals surface area contributed by atoms with Gasteiger partial charge in [-0.3, -0.25) is 9.20 Å². The van der Waals surface area contributed by atoms with Gasteiger partial charge in [-0.2, -0.15) is 0 Å². The van der Waals surface area contributed by atoms with E-state index in [2.05, 4.69) is 4.98 Å². The number of hydrogen-bond donors (Lipinski definition) is 0. The van der Waals surface area contributed by atoms with Crippen LogP contribution in [0.25, 0.3) is 11.7 Å². The van der Waals surface area contributed by atoms with E-state index < -0.39 is 5.97 Å². The quantitative estimate of drug-likeness (QED) is 0.451. The van der Waals surface area contributed by atoms with Crippen molar-refractivity contribution in [1.82, 2.24) is 14.3 Å². The van der Waals surface area contributed by atoms with Gasteiger partial charge in [0.2, 0.25) is 0 Å². The summed E-state index contributed by atoms with van der Waals surface area (Å²) in [4.78, 5) is 30.2. The predicted molar refractivity (Wildman–Crippen MR) is 108 cm³/mol. The first-order valence-corrected chi connectivity index (χ1v) is 9.25. The molecule has 7 heteroatoms.